The Balaban J connectivity index is 2.16. The number of hydrogen-bond donors (Lipinski definition) is 0. The van der Waals surface area contributed by atoms with Gasteiger partial charge in [0.25, 0.3) is 0 Å². The van der Waals surface area contributed by atoms with E-state index in [-0.39, 0.29) is 11.5 Å². The van der Waals surface area contributed by atoms with Crippen LogP contribution in [0, 0.1) is 5.92 Å². The fraction of sp³-hybridized carbons (Fsp3) is 0.600. The molecule has 0 aromatic carbocycles. The van der Waals surface area contributed by atoms with Crippen molar-refractivity contribution in [3.05, 3.63) is 19.2 Å². The van der Waals surface area contributed by atoms with E-state index in [1.807, 2.05) is 0 Å². The molecule has 0 saturated carbocycles. The Bertz CT molecular complexity index is 336. The minimum atomic E-state index is 0.0649. The van der Waals surface area contributed by atoms with Crippen molar-refractivity contribution in [2.24, 2.45) is 5.92 Å². The molecule has 2 rings (SSSR count). The number of halogens is 3. The summed E-state index contributed by atoms with van der Waals surface area (Å²) in [6.07, 6.45) is 1.33. The van der Waals surface area contributed by atoms with Crippen LogP contribution in [0.5, 0.6) is 0 Å². The van der Waals surface area contributed by atoms with Crippen molar-refractivity contribution in [1.29, 1.82) is 0 Å². The highest BCUT2D eigenvalue weighted by Crippen LogP contribution is 2.44. The molecule has 5 heteroatoms. The Kier molecular flexibility index (Phi) is 4.16. The van der Waals surface area contributed by atoms with Crippen molar-refractivity contribution in [2.75, 3.05) is 6.61 Å². The standard InChI is InChI=1S/C10H11Br2ClOS/c1-5-6(2-3-14-5)9(13)8-4-7(11)10(12)15-8/h4-6,9H,2-3H2,1H3. The zero-order chi connectivity index (χ0) is 11.0. The lowest BCUT2D eigenvalue weighted by Gasteiger charge is -2.18. The van der Waals surface area contributed by atoms with Gasteiger partial charge in [-0.3, -0.25) is 0 Å². The maximum atomic E-state index is 6.48. The Morgan fingerprint density at radius 1 is 1.60 bits per heavy atom. The van der Waals surface area contributed by atoms with Crippen molar-refractivity contribution in [3.63, 3.8) is 0 Å². The van der Waals surface area contributed by atoms with Gasteiger partial charge < -0.3 is 4.74 Å². The van der Waals surface area contributed by atoms with Crippen LogP contribution in [0.1, 0.15) is 23.6 Å². The van der Waals surface area contributed by atoms with Gasteiger partial charge in [-0.15, -0.1) is 22.9 Å². The fourth-order valence-electron chi connectivity index (χ4n) is 1.84. The molecule has 1 aromatic rings. The maximum Gasteiger partial charge on any atom is 0.0843 e. The Hall–Kier alpha value is 0.910. The predicted molar refractivity (Wildman–Crippen MR) is 71.8 cm³/mol. The van der Waals surface area contributed by atoms with Gasteiger partial charge in [0.05, 0.1) is 15.3 Å². The zero-order valence-corrected chi connectivity index (χ0v) is 12.9. The van der Waals surface area contributed by atoms with Gasteiger partial charge in [0.15, 0.2) is 0 Å². The molecular weight excluding hydrogens is 363 g/mol. The Labute approximate surface area is 115 Å². The average molecular weight is 375 g/mol. The fourth-order valence-corrected chi connectivity index (χ4v) is 4.51. The third kappa shape index (κ3) is 2.60. The highest BCUT2D eigenvalue weighted by Gasteiger charge is 2.32. The SMILES string of the molecule is CC1OCCC1C(Cl)c1cc(Br)c(Br)s1. The van der Waals surface area contributed by atoms with Gasteiger partial charge in [0.2, 0.25) is 0 Å². The number of thiophene rings is 1. The maximum absolute atomic E-state index is 6.48. The molecule has 1 aromatic heterocycles. The van der Waals surface area contributed by atoms with Gasteiger partial charge in [0.1, 0.15) is 0 Å². The van der Waals surface area contributed by atoms with Crippen LogP contribution < -0.4 is 0 Å². The summed E-state index contributed by atoms with van der Waals surface area (Å²) in [7, 11) is 0. The molecule has 15 heavy (non-hydrogen) atoms. The first-order valence-corrected chi connectivity index (χ1v) is 7.64. The first kappa shape index (κ1) is 12.4. The van der Waals surface area contributed by atoms with E-state index in [0.717, 1.165) is 21.3 Å². The van der Waals surface area contributed by atoms with Crippen molar-refractivity contribution in [1.82, 2.24) is 0 Å². The van der Waals surface area contributed by atoms with Crippen LogP contribution >= 0.6 is 54.8 Å². The third-order valence-corrected chi connectivity index (χ3v) is 6.77. The molecule has 3 atom stereocenters. The summed E-state index contributed by atoms with van der Waals surface area (Å²) >= 11 is 15.1. The molecule has 1 aliphatic heterocycles. The van der Waals surface area contributed by atoms with Gasteiger partial charge in [-0.1, -0.05) is 0 Å². The first-order valence-electron chi connectivity index (χ1n) is 4.80. The van der Waals surface area contributed by atoms with E-state index < -0.39 is 0 Å². The van der Waals surface area contributed by atoms with Crippen LogP contribution in [-0.2, 0) is 4.74 Å². The van der Waals surface area contributed by atoms with Gasteiger partial charge in [-0.05, 0) is 51.3 Å². The normalized spacial score (nSPS) is 28.3. The number of ether oxygens (including phenoxy) is 1. The van der Waals surface area contributed by atoms with Crippen molar-refractivity contribution >= 4 is 54.8 Å². The minimum absolute atomic E-state index is 0.0649. The highest BCUT2D eigenvalue weighted by atomic mass is 79.9. The van der Waals surface area contributed by atoms with E-state index in [1.165, 1.54) is 4.88 Å². The van der Waals surface area contributed by atoms with Crippen molar-refractivity contribution in [3.8, 4) is 0 Å². The topological polar surface area (TPSA) is 9.23 Å². The largest absolute Gasteiger partial charge is 0.378 e. The Morgan fingerprint density at radius 2 is 2.33 bits per heavy atom. The summed E-state index contributed by atoms with van der Waals surface area (Å²) in [5.41, 5.74) is 0. The lowest BCUT2D eigenvalue weighted by molar-refractivity contribution is 0.105. The lowest BCUT2D eigenvalue weighted by atomic mass is 9.97. The molecule has 1 saturated heterocycles. The summed E-state index contributed by atoms with van der Waals surface area (Å²) < 4.78 is 7.73. The van der Waals surface area contributed by atoms with Crippen LogP contribution in [0.2, 0.25) is 0 Å². The van der Waals surface area contributed by atoms with Crippen LogP contribution in [0.3, 0.4) is 0 Å². The van der Waals surface area contributed by atoms with Gasteiger partial charge in [-0.25, -0.2) is 0 Å². The number of hydrogen-bond acceptors (Lipinski definition) is 2. The molecule has 0 N–H and O–H groups in total. The molecule has 0 radical (unpaired) electrons. The Morgan fingerprint density at radius 3 is 2.80 bits per heavy atom. The third-order valence-electron chi connectivity index (χ3n) is 2.75. The van der Waals surface area contributed by atoms with Crippen LogP contribution in [0.15, 0.2) is 14.3 Å². The molecule has 0 bridgehead atoms. The van der Waals surface area contributed by atoms with Crippen LogP contribution in [0.25, 0.3) is 0 Å². The molecule has 1 aliphatic rings. The monoisotopic (exact) mass is 372 g/mol. The highest BCUT2D eigenvalue weighted by molar-refractivity contribution is 9.13. The van der Waals surface area contributed by atoms with E-state index in [4.69, 9.17) is 16.3 Å². The number of alkyl halides is 1. The second-order valence-corrected chi connectivity index (χ2v) is 7.43. The van der Waals surface area contributed by atoms with Gasteiger partial charge in [0, 0.05) is 21.9 Å². The second-order valence-electron chi connectivity index (χ2n) is 3.70. The lowest BCUT2D eigenvalue weighted by Crippen LogP contribution is -2.15. The predicted octanol–water partition coefficient (Wildman–Crippen LogP) is 4.98. The average Bonchev–Trinajstić information content (AvgIpc) is 2.74. The minimum Gasteiger partial charge on any atom is -0.378 e. The number of rotatable bonds is 2. The quantitative estimate of drug-likeness (QED) is 0.664. The molecule has 0 spiro atoms. The van der Waals surface area contributed by atoms with E-state index >= 15 is 0 Å². The zero-order valence-electron chi connectivity index (χ0n) is 8.17. The smallest absolute Gasteiger partial charge is 0.0843 e. The van der Waals surface area contributed by atoms with E-state index in [1.54, 1.807) is 11.3 Å². The molecule has 84 valence electrons. The molecule has 0 aliphatic carbocycles. The summed E-state index contributed by atoms with van der Waals surface area (Å²) in [4.78, 5) is 1.21. The summed E-state index contributed by atoms with van der Waals surface area (Å²) in [6, 6.07) is 2.09. The van der Waals surface area contributed by atoms with Crippen molar-refractivity contribution in [2.45, 2.75) is 24.8 Å². The summed E-state index contributed by atoms with van der Waals surface area (Å²) in [6.45, 7) is 2.94. The molecule has 3 unspecified atom stereocenters. The van der Waals surface area contributed by atoms with E-state index in [0.29, 0.717) is 5.92 Å². The van der Waals surface area contributed by atoms with E-state index in [2.05, 4.69) is 44.8 Å². The first-order chi connectivity index (χ1) is 7.09. The molecule has 0 amide bonds. The van der Waals surface area contributed by atoms with Gasteiger partial charge >= 0.3 is 0 Å². The molecular formula is C10H11Br2ClOS. The summed E-state index contributed by atoms with van der Waals surface area (Å²) in [5, 5.41) is 0.0649. The van der Waals surface area contributed by atoms with Crippen molar-refractivity contribution < 1.29 is 4.74 Å². The second kappa shape index (κ2) is 5.05. The van der Waals surface area contributed by atoms with Crippen LogP contribution in [-0.4, -0.2) is 12.7 Å². The summed E-state index contributed by atoms with van der Waals surface area (Å²) in [5.74, 6) is 0.434. The molecule has 1 fully saturated rings. The molecule has 1 nitrogen and oxygen atoms in total. The van der Waals surface area contributed by atoms with E-state index in [9.17, 15) is 0 Å². The van der Waals surface area contributed by atoms with Crippen LogP contribution in [0.4, 0.5) is 0 Å². The molecule has 2 heterocycles. The van der Waals surface area contributed by atoms with Gasteiger partial charge in [-0.2, -0.15) is 0 Å².